The van der Waals surface area contributed by atoms with Gasteiger partial charge in [0, 0.05) is 10.2 Å². The minimum absolute atomic E-state index is 0.640. The highest BCUT2D eigenvalue weighted by Gasteiger charge is 2.21. The van der Waals surface area contributed by atoms with Crippen LogP contribution in [0.15, 0.2) is 34.9 Å². The fourth-order valence-corrected chi connectivity index (χ4v) is 2.69. The van der Waals surface area contributed by atoms with E-state index < -0.39 is 0 Å². The van der Waals surface area contributed by atoms with Gasteiger partial charge in [-0.05, 0) is 48.4 Å². The molecule has 1 aromatic carbocycles. The Morgan fingerprint density at radius 3 is 2.88 bits per heavy atom. The van der Waals surface area contributed by atoms with Crippen molar-refractivity contribution in [3.63, 3.8) is 0 Å². The molecule has 1 aromatic heterocycles. The summed E-state index contributed by atoms with van der Waals surface area (Å²) in [5.41, 5.74) is 4.15. The number of H-pyrrole nitrogens is 1. The SMILES string of the molecule is Brc1ccc(C2CCc3cn[nH]c3C2)cc1. The molecule has 1 N–H and O–H groups in total. The molecule has 1 atom stereocenters. The largest absolute Gasteiger partial charge is 0.282 e. The average Bonchev–Trinajstić information content (AvgIpc) is 2.77. The molecule has 0 bridgehead atoms. The lowest BCUT2D eigenvalue weighted by molar-refractivity contribution is 0.577. The number of halogens is 1. The molecule has 3 heteroatoms. The lowest BCUT2D eigenvalue weighted by atomic mass is 9.83. The molecule has 0 spiro atoms. The van der Waals surface area contributed by atoms with E-state index in [-0.39, 0.29) is 0 Å². The fourth-order valence-electron chi connectivity index (χ4n) is 2.43. The van der Waals surface area contributed by atoms with Gasteiger partial charge in [0.2, 0.25) is 0 Å². The maximum absolute atomic E-state index is 4.11. The summed E-state index contributed by atoms with van der Waals surface area (Å²) in [5.74, 6) is 0.640. The molecule has 2 aromatic rings. The van der Waals surface area contributed by atoms with Crippen LogP contribution in [0.25, 0.3) is 0 Å². The minimum Gasteiger partial charge on any atom is -0.282 e. The van der Waals surface area contributed by atoms with Gasteiger partial charge < -0.3 is 0 Å². The lowest BCUT2D eigenvalue weighted by Crippen LogP contribution is -2.11. The van der Waals surface area contributed by atoms with Crippen LogP contribution < -0.4 is 0 Å². The second kappa shape index (κ2) is 4.06. The summed E-state index contributed by atoms with van der Waals surface area (Å²) in [4.78, 5) is 0. The van der Waals surface area contributed by atoms with Crippen LogP contribution in [0, 0.1) is 0 Å². The monoisotopic (exact) mass is 276 g/mol. The van der Waals surface area contributed by atoms with Crippen LogP contribution in [0.3, 0.4) is 0 Å². The van der Waals surface area contributed by atoms with Gasteiger partial charge in [-0.25, -0.2) is 0 Å². The average molecular weight is 277 g/mol. The zero-order chi connectivity index (χ0) is 11.0. The van der Waals surface area contributed by atoms with Gasteiger partial charge in [0.1, 0.15) is 0 Å². The second-order valence-electron chi connectivity index (χ2n) is 4.37. The van der Waals surface area contributed by atoms with Crippen LogP contribution in [0.2, 0.25) is 0 Å². The van der Waals surface area contributed by atoms with E-state index in [4.69, 9.17) is 0 Å². The molecular formula is C13H13BrN2. The maximum atomic E-state index is 4.11. The zero-order valence-corrected chi connectivity index (χ0v) is 10.5. The summed E-state index contributed by atoms with van der Waals surface area (Å²) in [7, 11) is 0. The Kier molecular flexibility index (Phi) is 2.56. The van der Waals surface area contributed by atoms with Crippen molar-refractivity contribution in [2.24, 2.45) is 0 Å². The van der Waals surface area contributed by atoms with Crippen molar-refractivity contribution < 1.29 is 0 Å². The molecule has 1 aliphatic rings. The number of hydrogen-bond acceptors (Lipinski definition) is 1. The highest BCUT2D eigenvalue weighted by atomic mass is 79.9. The highest BCUT2D eigenvalue weighted by Crippen LogP contribution is 2.31. The van der Waals surface area contributed by atoms with E-state index in [9.17, 15) is 0 Å². The molecule has 1 aliphatic carbocycles. The molecule has 0 amide bonds. The summed E-state index contributed by atoms with van der Waals surface area (Å²) in [6.45, 7) is 0. The molecule has 82 valence electrons. The van der Waals surface area contributed by atoms with Gasteiger partial charge in [0.15, 0.2) is 0 Å². The van der Waals surface area contributed by atoms with Gasteiger partial charge in [0.05, 0.1) is 6.20 Å². The molecular weight excluding hydrogens is 264 g/mol. The van der Waals surface area contributed by atoms with E-state index in [0.717, 1.165) is 17.3 Å². The van der Waals surface area contributed by atoms with Crippen molar-refractivity contribution in [3.8, 4) is 0 Å². The van der Waals surface area contributed by atoms with Gasteiger partial charge >= 0.3 is 0 Å². The minimum atomic E-state index is 0.640. The normalized spacial score (nSPS) is 19.4. The predicted molar refractivity (Wildman–Crippen MR) is 67.5 cm³/mol. The van der Waals surface area contributed by atoms with E-state index in [1.165, 1.54) is 23.2 Å². The number of nitrogens with zero attached hydrogens (tertiary/aromatic N) is 1. The molecule has 3 rings (SSSR count). The molecule has 0 saturated heterocycles. The van der Waals surface area contributed by atoms with E-state index in [1.54, 1.807) is 0 Å². The third-order valence-corrected chi connectivity index (χ3v) is 3.89. The number of aryl methyl sites for hydroxylation is 1. The van der Waals surface area contributed by atoms with Crippen molar-refractivity contribution in [2.75, 3.05) is 0 Å². The first-order valence-electron chi connectivity index (χ1n) is 5.59. The molecule has 2 nitrogen and oxygen atoms in total. The third-order valence-electron chi connectivity index (χ3n) is 3.36. The number of fused-ring (bicyclic) bond motifs is 1. The van der Waals surface area contributed by atoms with Crippen LogP contribution >= 0.6 is 15.9 Å². The Labute approximate surface area is 103 Å². The fraction of sp³-hybridized carbons (Fsp3) is 0.308. The molecule has 0 fully saturated rings. The standard InChI is InChI=1S/C13H13BrN2/c14-12-5-3-9(4-6-12)10-1-2-11-8-15-16-13(11)7-10/h3-6,8,10H,1-2,7H2,(H,15,16). The van der Waals surface area contributed by atoms with Gasteiger partial charge in [0.25, 0.3) is 0 Å². The van der Waals surface area contributed by atoms with E-state index in [2.05, 4.69) is 50.4 Å². The van der Waals surface area contributed by atoms with E-state index >= 15 is 0 Å². The first-order valence-corrected chi connectivity index (χ1v) is 6.39. The molecule has 16 heavy (non-hydrogen) atoms. The van der Waals surface area contributed by atoms with Gasteiger partial charge in [-0.15, -0.1) is 0 Å². The van der Waals surface area contributed by atoms with E-state index in [1.807, 2.05) is 6.20 Å². The molecule has 1 heterocycles. The third kappa shape index (κ3) is 1.80. The summed E-state index contributed by atoms with van der Waals surface area (Å²) < 4.78 is 1.15. The maximum Gasteiger partial charge on any atom is 0.0522 e. The van der Waals surface area contributed by atoms with Gasteiger partial charge in [-0.2, -0.15) is 5.10 Å². The van der Waals surface area contributed by atoms with Crippen molar-refractivity contribution in [3.05, 3.63) is 51.8 Å². The number of hydrogen-bond donors (Lipinski definition) is 1. The van der Waals surface area contributed by atoms with E-state index in [0.29, 0.717) is 5.92 Å². The first-order chi connectivity index (χ1) is 7.83. The Morgan fingerprint density at radius 2 is 2.06 bits per heavy atom. The van der Waals surface area contributed by atoms with Crippen LogP contribution in [0.5, 0.6) is 0 Å². The van der Waals surface area contributed by atoms with Crippen molar-refractivity contribution >= 4 is 15.9 Å². The highest BCUT2D eigenvalue weighted by molar-refractivity contribution is 9.10. The molecule has 0 aliphatic heterocycles. The Bertz CT molecular complexity index is 487. The lowest BCUT2D eigenvalue weighted by Gasteiger charge is -2.21. The number of aromatic amines is 1. The smallest absolute Gasteiger partial charge is 0.0522 e. The van der Waals surface area contributed by atoms with Crippen LogP contribution in [-0.4, -0.2) is 10.2 Å². The number of rotatable bonds is 1. The summed E-state index contributed by atoms with van der Waals surface area (Å²) in [6.07, 6.45) is 5.44. The molecule has 0 radical (unpaired) electrons. The summed E-state index contributed by atoms with van der Waals surface area (Å²) in [5, 5.41) is 7.22. The van der Waals surface area contributed by atoms with Crippen LogP contribution in [0.4, 0.5) is 0 Å². The second-order valence-corrected chi connectivity index (χ2v) is 5.28. The number of benzene rings is 1. The summed E-state index contributed by atoms with van der Waals surface area (Å²) in [6, 6.07) is 8.68. The van der Waals surface area contributed by atoms with Gasteiger partial charge in [-0.1, -0.05) is 28.1 Å². The topological polar surface area (TPSA) is 28.7 Å². The zero-order valence-electron chi connectivity index (χ0n) is 8.91. The van der Waals surface area contributed by atoms with Crippen molar-refractivity contribution in [1.29, 1.82) is 0 Å². The molecule has 0 saturated carbocycles. The van der Waals surface area contributed by atoms with Crippen LogP contribution in [-0.2, 0) is 12.8 Å². The quantitative estimate of drug-likeness (QED) is 0.849. The number of nitrogens with one attached hydrogen (secondary N) is 1. The Hall–Kier alpha value is -1.09. The van der Waals surface area contributed by atoms with Crippen molar-refractivity contribution in [2.45, 2.75) is 25.2 Å². The molecule has 1 unspecified atom stereocenters. The van der Waals surface area contributed by atoms with Crippen LogP contribution in [0.1, 0.15) is 29.2 Å². The number of aromatic nitrogens is 2. The predicted octanol–water partition coefficient (Wildman–Crippen LogP) is 3.44. The summed E-state index contributed by atoms with van der Waals surface area (Å²) >= 11 is 3.47. The van der Waals surface area contributed by atoms with Crippen molar-refractivity contribution in [1.82, 2.24) is 10.2 Å². The Balaban J connectivity index is 1.86. The first kappa shape index (κ1) is 10.1. The van der Waals surface area contributed by atoms with Gasteiger partial charge in [-0.3, -0.25) is 5.10 Å². The Morgan fingerprint density at radius 1 is 1.25 bits per heavy atom.